The van der Waals surface area contributed by atoms with Crippen LogP contribution in [-0.2, 0) is 10.0 Å². The fourth-order valence-electron chi connectivity index (χ4n) is 1.76. The maximum atomic E-state index is 11.3. The molecule has 0 amide bonds. The highest BCUT2D eigenvalue weighted by Gasteiger charge is 2.10. The number of primary sulfonamides is 1. The second-order valence-corrected chi connectivity index (χ2v) is 5.23. The van der Waals surface area contributed by atoms with E-state index in [9.17, 15) is 8.42 Å². The van der Waals surface area contributed by atoms with Crippen LogP contribution in [0.1, 0.15) is 0 Å². The molecule has 2 heterocycles. The molecule has 7 heteroatoms. The summed E-state index contributed by atoms with van der Waals surface area (Å²) in [6.45, 7) is 0. The van der Waals surface area contributed by atoms with Gasteiger partial charge in [-0.2, -0.15) is 0 Å². The second kappa shape index (κ2) is 3.25. The molecular formula is C10H8N4O2S. The Morgan fingerprint density at radius 1 is 1.24 bits per heavy atom. The van der Waals surface area contributed by atoms with Crippen molar-refractivity contribution in [3.8, 4) is 0 Å². The summed E-state index contributed by atoms with van der Waals surface area (Å²) in [5, 5.41) is 14.4. The van der Waals surface area contributed by atoms with E-state index in [0.29, 0.717) is 11.0 Å². The zero-order valence-corrected chi connectivity index (χ0v) is 9.42. The average molecular weight is 248 g/mol. The summed E-state index contributed by atoms with van der Waals surface area (Å²) in [5.74, 6) is 0. The largest absolute Gasteiger partial charge is 0.289 e. The van der Waals surface area contributed by atoms with Crippen LogP contribution in [0.15, 0.2) is 41.7 Å². The van der Waals surface area contributed by atoms with Crippen LogP contribution >= 0.6 is 0 Å². The molecule has 0 saturated carbocycles. The van der Waals surface area contributed by atoms with Crippen LogP contribution in [0.5, 0.6) is 0 Å². The van der Waals surface area contributed by atoms with Crippen LogP contribution in [-0.4, -0.2) is 23.0 Å². The molecule has 17 heavy (non-hydrogen) atoms. The molecule has 0 fully saturated rings. The number of pyridine rings is 1. The zero-order valence-electron chi connectivity index (χ0n) is 8.61. The normalized spacial score (nSPS) is 12.3. The number of hydrogen-bond acceptors (Lipinski definition) is 4. The van der Waals surface area contributed by atoms with Crippen molar-refractivity contribution in [2.24, 2.45) is 5.14 Å². The first-order valence-electron chi connectivity index (χ1n) is 4.81. The van der Waals surface area contributed by atoms with Gasteiger partial charge in [0.15, 0.2) is 5.65 Å². The molecule has 0 radical (unpaired) electrons. The Balaban J connectivity index is 2.48. The third-order valence-corrected chi connectivity index (χ3v) is 3.49. The van der Waals surface area contributed by atoms with Crippen molar-refractivity contribution in [2.45, 2.75) is 4.90 Å². The molecule has 2 aromatic heterocycles. The number of hydrogen-bond donors (Lipinski definition) is 1. The summed E-state index contributed by atoms with van der Waals surface area (Å²) in [4.78, 5) is 0.0705. The van der Waals surface area contributed by atoms with Gasteiger partial charge in [-0.1, -0.05) is 6.07 Å². The SMILES string of the molecule is NS(=O)(=O)c1ccc2ccn3cnnc3c2c1. The summed E-state index contributed by atoms with van der Waals surface area (Å²) >= 11 is 0. The van der Waals surface area contributed by atoms with Gasteiger partial charge in [0.25, 0.3) is 0 Å². The highest BCUT2D eigenvalue weighted by Crippen LogP contribution is 2.21. The number of benzene rings is 1. The van der Waals surface area contributed by atoms with Gasteiger partial charge in [-0.25, -0.2) is 13.6 Å². The first kappa shape index (κ1) is 10.2. The first-order valence-corrected chi connectivity index (χ1v) is 6.35. The molecule has 0 aliphatic rings. The summed E-state index contributed by atoms with van der Waals surface area (Å²) < 4.78 is 24.3. The molecule has 2 N–H and O–H groups in total. The average Bonchev–Trinajstić information content (AvgIpc) is 2.75. The van der Waals surface area contributed by atoms with E-state index < -0.39 is 10.0 Å². The zero-order chi connectivity index (χ0) is 12.0. The van der Waals surface area contributed by atoms with Crippen molar-refractivity contribution in [2.75, 3.05) is 0 Å². The van der Waals surface area contributed by atoms with Gasteiger partial charge in [0.1, 0.15) is 6.33 Å². The Labute approximate surface area is 96.7 Å². The number of sulfonamides is 1. The fraction of sp³-hybridized carbons (Fsp3) is 0. The van der Waals surface area contributed by atoms with Gasteiger partial charge in [-0.05, 0) is 23.6 Å². The lowest BCUT2D eigenvalue weighted by Crippen LogP contribution is -2.11. The van der Waals surface area contributed by atoms with Crippen molar-refractivity contribution in [3.05, 3.63) is 36.8 Å². The van der Waals surface area contributed by atoms with Crippen molar-refractivity contribution in [1.29, 1.82) is 0 Å². The van der Waals surface area contributed by atoms with E-state index in [1.54, 1.807) is 16.8 Å². The van der Waals surface area contributed by atoms with Crippen molar-refractivity contribution in [3.63, 3.8) is 0 Å². The van der Waals surface area contributed by atoms with Crippen LogP contribution in [0.4, 0.5) is 0 Å². The van der Waals surface area contributed by atoms with Crippen LogP contribution in [0.25, 0.3) is 16.4 Å². The van der Waals surface area contributed by atoms with E-state index in [-0.39, 0.29) is 4.90 Å². The van der Waals surface area contributed by atoms with Crippen LogP contribution in [0.3, 0.4) is 0 Å². The Morgan fingerprint density at radius 3 is 2.82 bits per heavy atom. The minimum Gasteiger partial charge on any atom is -0.289 e. The predicted molar refractivity (Wildman–Crippen MR) is 61.9 cm³/mol. The Kier molecular flexibility index (Phi) is 1.95. The molecule has 1 aromatic carbocycles. The Morgan fingerprint density at radius 2 is 2.06 bits per heavy atom. The van der Waals surface area contributed by atoms with E-state index >= 15 is 0 Å². The van der Waals surface area contributed by atoms with Gasteiger partial charge in [0.05, 0.1) is 4.90 Å². The van der Waals surface area contributed by atoms with E-state index in [1.807, 2.05) is 12.3 Å². The lowest BCUT2D eigenvalue weighted by atomic mass is 10.2. The molecule has 3 aromatic rings. The molecule has 0 unspecified atom stereocenters. The second-order valence-electron chi connectivity index (χ2n) is 3.67. The predicted octanol–water partition coefficient (Wildman–Crippen LogP) is 0.530. The highest BCUT2D eigenvalue weighted by molar-refractivity contribution is 7.89. The number of rotatable bonds is 1. The fourth-order valence-corrected chi connectivity index (χ4v) is 2.30. The number of nitrogens with zero attached hydrogens (tertiary/aromatic N) is 3. The number of fused-ring (bicyclic) bond motifs is 3. The number of nitrogens with two attached hydrogens (primary N) is 1. The first-order chi connectivity index (χ1) is 8.05. The third kappa shape index (κ3) is 1.56. The monoisotopic (exact) mass is 248 g/mol. The van der Waals surface area contributed by atoms with Crippen molar-refractivity contribution < 1.29 is 8.42 Å². The van der Waals surface area contributed by atoms with Gasteiger partial charge < -0.3 is 0 Å². The van der Waals surface area contributed by atoms with E-state index in [2.05, 4.69) is 10.2 Å². The lowest BCUT2D eigenvalue weighted by Gasteiger charge is -2.02. The summed E-state index contributed by atoms with van der Waals surface area (Å²) in [6, 6.07) is 6.54. The maximum absolute atomic E-state index is 11.3. The molecular weight excluding hydrogens is 240 g/mol. The third-order valence-electron chi connectivity index (χ3n) is 2.58. The van der Waals surface area contributed by atoms with E-state index in [4.69, 9.17) is 5.14 Å². The molecule has 0 aliphatic carbocycles. The quantitative estimate of drug-likeness (QED) is 0.680. The molecule has 0 saturated heterocycles. The van der Waals surface area contributed by atoms with Gasteiger partial charge >= 0.3 is 0 Å². The summed E-state index contributed by atoms with van der Waals surface area (Å²) in [7, 11) is -3.70. The van der Waals surface area contributed by atoms with Crippen molar-refractivity contribution >= 4 is 26.4 Å². The number of aromatic nitrogens is 3. The van der Waals surface area contributed by atoms with Gasteiger partial charge in [0.2, 0.25) is 10.0 Å². The Bertz CT molecular complexity index is 823. The summed E-state index contributed by atoms with van der Waals surface area (Å²) in [6.07, 6.45) is 3.37. The summed E-state index contributed by atoms with van der Waals surface area (Å²) in [5.41, 5.74) is 0.605. The molecule has 6 nitrogen and oxygen atoms in total. The topological polar surface area (TPSA) is 90.4 Å². The van der Waals surface area contributed by atoms with E-state index in [0.717, 1.165) is 5.39 Å². The maximum Gasteiger partial charge on any atom is 0.238 e. The van der Waals surface area contributed by atoms with Crippen LogP contribution < -0.4 is 5.14 Å². The minimum atomic E-state index is -3.70. The molecule has 0 atom stereocenters. The molecule has 86 valence electrons. The minimum absolute atomic E-state index is 0.0705. The van der Waals surface area contributed by atoms with Crippen LogP contribution in [0.2, 0.25) is 0 Å². The molecule has 0 aliphatic heterocycles. The lowest BCUT2D eigenvalue weighted by molar-refractivity contribution is 0.598. The van der Waals surface area contributed by atoms with Crippen molar-refractivity contribution in [1.82, 2.24) is 14.6 Å². The van der Waals surface area contributed by atoms with Gasteiger partial charge in [-0.15, -0.1) is 10.2 Å². The van der Waals surface area contributed by atoms with Gasteiger partial charge in [0, 0.05) is 11.6 Å². The molecule has 0 spiro atoms. The highest BCUT2D eigenvalue weighted by atomic mass is 32.2. The van der Waals surface area contributed by atoms with Crippen LogP contribution in [0, 0.1) is 0 Å². The van der Waals surface area contributed by atoms with E-state index in [1.165, 1.54) is 12.1 Å². The molecule has 0 bridgehead atoms. The standard InChI is InChI=1S/C10H8N4O2S/c11-17(15,16)8-2-1-7-3-4-14-6-12-13-10(14)9(7)5-8/h1-6H,(H2,11,15,16). The smallest absolute Gasteiger partial charge is 0.238 e. The molecule has 3 rings (SSSR count). The van der Waals surface area contributed by atoms with Gasteiger partial charge in [-0.3, -0.25) is 4.40 Å². The Hall–Kier alpha value is -1.99.